The van der Waals surface area contributed by atoms with Gasteiger partial charge in [0.05, 0.1) is 5.69 Å². The lowest BCUT2D eigenvalue weighted by molar-refractivity contribution is 0.0991. The smallest absolute Gasteiger partial charge is 0.266 e. The van der Waals surface area contributed by atoms with E-state index in [2.05, 4.69) is 5.10 Å². The topological polar surface area (TPSA) is 60.9 Å². The summed E-state index contributed by atoms with van der Waals surface area (Å²) in [5.41, 5.74) is 6.43. The number of hydrogen-bond acceptors (Lipinski definition) is 2. The number of aromatic nitrogens is 2. The first-order valence-electron chi connectivity index (χ1n) is 3.48. The van der Waals surface area contributed by atoms with Gasteiger partial charge in [-0.15, -0.1) is 0 Å². The first kappa shape index (κ1) is 7.78. The van der Waals surface area contributed by atoms with Crippen LogP contribution in [0.5, 0.6) is 0 Å². The molecular formula is C7H11N3O. The molecule has 60 valence electrons. The number of nitrogens with zero attached hydrogens (tertiary/aromatic N) is 2. The Balaban J connectivity index is 3.07. The van der Waals surface area contributed by atoms with Crippen molar-refractivity contribution < 1.29 is 4.79 Å². The number of carbonyl (C=O) groups excluding carboxylic acids is 1. The van der Waals surface area contributed by atoms with Crippen LogP contribution in [0.1, 0.15) is 23.1 Å². The minimum absolute atomic E-state index is 0.431. The lowest BCUT2D eigenvalue weighted by Gasteiger charge is -1.92. The van der Waals surface area contributed by atoms with Crippen molar-refractivity contribution in [2.75, 3.05) is 0 Å². The average molecular weight is 153 g/mol. The second-order valence-corrected chi connectivity index (χ2v) is 2.36. The van der Waals surface area contributed by atoms with E-state index in [0.717, 1.165) is 12.1 Å². The molecule has 0 radical (unpaired) electrons. The molecule has 0 fully saturated rings. The molecule has 0 unspecified atom stereocenters. The molecular weight excluding hydrogens is 142 g/mol. The Morgan fingerprint density at radius 2 is 2.45 bits per heavy atom. The summed E-state index contributed by atoms with van der Waals surface area (Å²) in [4.78, 5) is 10.7. The van der Waals surface area contributed by atoms with E-state index in [4.69, 9.17) is 5.73 Å². The van der Waals surface area contributed by atoms with E-state index in [0.29, 0.717) is 5.69 Å². The molecule has 2 N–H and O–H groups in total. The maximum atomic E-state index is 10.7. The molecule has 1 heterocycles. The zero-order valence-corrected chi connectivity index (χ0v) is 6.66. The molecule has 1 aromatic rings. The van der Waals surface area contributed by atoms with Gasteiger partial charge in [0.25, 0.3) is 5.91 Å². The van der Waals surface area contributed by atoms with Crippen molar-refractivity contribution in [2.24, 2.45) is 12.8 Å². The van der Waals surface area contributed by atoms with Crippen molar-refractivity contribution in [1.82, 2.24) is 9.78 Å². The summed E-state index contributed by atoms with van der Waals surface area (Å²) in [6.07, 6.45) is 0.821. The van der Waals surface area contributed by atoms with Crippen LogP contribution in [0, 0.1) is 0 Å². The number of amides is 1. The molecule has 0 atom stereocenters. The van der Waals surface area contributed by atoms with Crippen LogP contribution < -0.4 is 5.73 Å². The Bertz CT molecular complexity index is 277. The fraction of sp³-hybridized carbons (Fsp3) is 0.429. The third kappa shape index (κ3) is 1.39. The summed E-state index contributed by atoms with van der Waals surface area (Å²) < 4.78 is 1.50. The summed E-state index contributed by atoms with van der Waals surface area (Å²) in [5, 5.41) is 4.07. The number of primary amides is 1. The second kappa shape index (κ2) is 2.74. The quantitative estimate of drug-likeness (QED) is 0.654. The van der Waals surface area contributed by atoms with E-state index < -0.39 is 5.91 Å². The summed E-state index contributed by atoms with van der Waals surface area (Å²) in [6, 6.07) is 1.71. The van der Waals surface area contributed by atoms with E-state index in [9.17, 15) is 4.79 Å². The second-order valence-electron chi connectivity index (χ2n) is 2.36. The lowest BCUT2D eigenvalue weighted by atomic mass is 10.3. The molecule has 0 aliphatic carbocycles. The van der Waals surface area contributed by atoms with Crippen molar-refractivity contribution in [2.45, 2.75) is 13.3 Å². The zero-order valence-electron chi connectivity index (χ0n) is 6.66. The van der Waals surface area contributed by atoms with Crippen LogP contribution in [-0.2, 0) is 13.5 Å². The van der Waals surface area contributed by atoms with Crippen molar-refractivity contribution in [3.63, 3.8) is 0 Å². The van der Waals surface area contributed by atoms with Crippen LogP contribution in [-0.4, -0.2) is 15.7 Å². The molecule has 0 aromatic carbocycles. The van der Waals surface area contributed by atoms with Gasteiger partial charge in [-0.05, 0) is 12.5 Å². The number of nitrogens with two attached hydrogens (primary N) is 1. The van der Waals surface area contributed by atoms with Gasteiger partial charge in [-0.25, -0.2) is 0 Å². The number of carbonyl (C=O) groups is 1. The standard InChI is InChI=1S/C7H11N3O/c1-3-5-4-6(7(8)11)10(2)9-5/h4H,3H2,1-2H3,(H2,8,11). The maximum absolute atomic E-state index is 10.7. The monoisotopic (exact) mass is 153 g/mol. The third-order valence-corrected chi connectivity index (χ3v) is 1.55. The number of aryl methyl sites for hydroxylation is 2. The lowest BCUT2D eigenvalue weighted by Crippen LogP contribution is -2.15. The Hall–Kier alpha value is -1.32. The van der Waals surface area contributed by atoms with Gasteiger partial charge in [0, 0.05) is 7.05 Å². The van der Waals surface area contributed by atoms with Crippen LogP contribution in [0.2, 0.25) is 0 Å². The Morgan fingerprint density at radius 3 is 2.73 bits per heavy atom. The third-order valence-electron chi connectivity index (χ3n) is 1.55. The zero-order chi connectivity index (χ0) is 8.43. The fourth-order valence-corrected chi connectivity index (χ4v) is 0.930. The van der Waals surface area contributed by atoms with Gasteiger partial charge >= 0.3 is 0 Å². The predicted octanol–water partition coefficient (Wildman–Crippen LogP) is 0.0814. The molecule has 0 aliphatic rings. The molecule has 0 spiro atoms. The van der Waals surface area contributed by atoms with Crippen LogP contribution >= 0.6 is 0 Å². The summed E-state index contributed by atoms with van der Waals surface area (Å²) in [7, 11) is 1.71. The Morgan fingerprint density at radius 1 is 1.82 bits per heavy atom. The summed E-state index contributed by atoms with van der Waals surface area (Å²) in [5.74, 6) is -0.431. The van der Waals surface area contributed by atoms with Gasteiger partial charge in [0.15, 0.2) is 0 Å². The van der Waals surface area contributed by atoms with Gasteiger partial charge in [-0.2, -0.15) is 5.10 Å². The van der Waals surface area contributed by atoms with E-state index in [-0.39, 0.29) is 0 Å². The highest BCUT2D eigenvalue weighted by atomic mass is 16.1. The van der Waals surface area contributed by atoms with Crippen molar-refractivity contribution in [3.05, 3.63) is 17.5 Å². The van der Waals surface area contributed by atoms with E-state index >= 15 is 0 Å². The van der Waals surface area contributed by atoms with Crippen molar-refractivity contribution >= 4 is 5.91 Å². The number of hydrogen-bond donors (Lipinski definition) is 1. The normalized spacial score (nSPS) is 10.0. The van der Waals surface area contributed by atoms with Gasteiger partial charge in [-0.1, -0.05) is 6.92 Å². The van der Waals surface area contributed by atoms with Crippen molar-refractivity contribution in [3.8, 4) is 0 Å². The summed E-state index contributed by atoms with van der Waals surface area (Å²) in [6.45, 7) is 1.98. The summed E-state index contributed by atoms with van der Waals surface area (Å²) >= 11 is 0. The first-order valence-corrected chi connectivity index (χ1v) is 3.48. The van der Waals surface area contributed by atoms with Crippen LogP contribution in [0.3, 0.4) is 0 Å². The molecule has 1 amide bonds. The Labute approximate surface area is 65.0 Å². The first-order chi connectivity index (χ1) is 5.15. The molecule has 0 bridgehead atoms. The van der Waals surface area contributed by atoms with E-state index in [1.54, 1.807) is 13.1 Å². The highest BCUT2D eigenvalue weighted by molar-refractivity contribution is 5.91. The molecule has 0 saturated heterocycles. The molecule has 11 heavy (non-hydrogen) atoms. The van der Waals surface area contributed by atoms with Gasteiger partial charge in [0.1, 0.15) is 5.69 Å². The molecule has 0 aliphatic heterocycles. The molecule has 0 saturated carbocycles. The van der Waals surface area contributed by atoms with Crippen LogP contribution in [0.25, 0.3) is 0 Å². The largest absolute Gasteiger partial charge is 0.364 e. The predicted molar refractivity (Wildman–Crippen MR) is 41.1 cm³/mol. The molecule has 1 aromatic heterocycles. The average Bonchev–Trinajstić information content (AvgIpc) is 2.30. The molecule has 4 nitrogen and oxygen atoms in total. The van der Waals surface area contributed by atoms with Crippen molar-refractivity contribution in [1.29, 1.82) is 0 Å². The van der Waals surface area contributed by atoms with E-state index in [1.165, 1.54) is 4.68 Å². The molecule has 1 rings (SSSR count). The highest BCUT2D eigenvalue weighted by Gasteiger charge is 2.07. The highest BCUT2D eigenvalue weighted by Crippen LogP contribution is 2.01. The van der Waals surface area contributed by atoms with E-state index in [1.807, 2.05) is 6.92 Å². The van der Waals surface area contributed by atoms with Gasteiger partial charge in [-0.3, -0.25) is 9.48 Å². The van der Waals surface area contributed by atoms with Crippen LogP contribution in [0.4, 0.5) is 0 Å². The minimum Gasteiger partial charge on any atom is -0.364 e. The number of rotatable bonds is 2. The van der Waals surface area contributed by atoms with Gasteiger partial charge in [0.2, 0.25) is 0 Å². The maximum Gasteiger partial charge on any atom is 0.266 e. The van der Waals surface area contributed by atoms with Crippen LogP contribution in [0.15, 0.2) is 6.07 Å². The minimum atomic E-state index is -0.431. The fourth-order valence-electron chi connectivity index (χ4n) is 0.930. The SMILES string of the molecule is CCc1cc(C(N)=O)n(C)n1. The van der Waals surface area contributed by atoms with Gasteiger partial charge < -0.3 is 5.73 Å². The Kier molecular flexibility index (Phi) is 1.94. The molecule has 4 heteroatoms.